The molecule has 0 spiro atoms. The van der Waals surface area contributed by atoms with Gasteiger partial charge in [-0.1, -0.05) is 48.5 Å². The van der Waals surface area contributed by atoms with Gasteiger partial charge >= 0.3 is 0 Å². The molecule has 0 amide bonds. The number of aliphatic hydroxyl groups excluding tert-OH is 1. The van der Waals surface area contributed by atoms with Crippen LogP contribution in [0.1, 0.15) is 35.4 Å². The van der Waals surface area contributed by atoms with Gasteiger partial charge < -0.3 is 9.52 Å². The minimum Gasteiger partial charge on any atom is -0.439 e. The SMILES string of the molecule is Cc1ccccc1-c1cnc(CNC2(CO)CCCc3ccccc32)o1. The van der Waals surface area contributed by atoms with Gasteiger partial charge in [0.2, 0.25) is 5.89 Å². The van der Waals surface area contributed by atoms with Gasteiger partial charge in [0.15, 0.2) is 5.76 Å². The minimum atomic E-state index is -0.424. The van der Waals surface area contributed by atoms with Crippen molar-refractivity contribution in [2.24, 2.45) is 0 Å². The fraction of sp³-hybridized carbons (Fsp3) is 0.318. The summed E-state index contributed by atoms with van der Waals surface area (Å²) in [6.07, 6.45) is 4.81. The number of hydrogen-bond donors (Lipinski definition) is 2. The van der Waals surface area contributed by atoms with Crippen LogP contribution in [0.15, 0.2) is 59.1 Å². The van der Waals surface area contributed by atoms with Crippen molar-refractivity contribution in [1.82, 2.24) is 10.3 Å². The molecule has 0 fully saturated rings. The molecule has 0 aliphatic heterocycles. The minimum absolute atomic E-state index is 0.0649. The van der Waals surface area contributed by atoms with Crippen LogP contribution in [0.2, 0.25) is 0 Å². The summed E-state index contributed by atoms with van der Waals surface area (Å²) >= 11 is 0. The molecule has 0 radical (unpaired) electrons. The Labute approximate surface area is 153 Å². The van der Waals surface area contributed by atoms with E-state index in [0.29, 0.717) is 12.4 Å². The first-order chi connectivity index (χ1) is 12.7. The van der Waals surface area contributed by atoms with Crippen molar-refractivity contribution in [2.45, 2.75) is 38.3 Å². The molecule has 0 saturated carbocycles. The van der Waals surface area contributed by atoms with Crippen LogP contribution in [0, 0.1) is 6.92 Å². The summed E-state index contributed by atoms with van der Waals surface area (Å²) in [5.41, 5.74) is 4.31. The van der Waals surface area contributed by atoms with E-state index in [9.17, 15) is 5.11 Å². The van der Waals surface area contributed by atoms with E-state index in [-0.39, 0.29) is 6.61 Å². The second-order valence-corrected chi connectivity index (χ2v) is 7.04. The van der Waals surface area contributed by atoms with Gasteiger partial charge in [-0.3, -0.25) is 5.32 Å². The molecule has 0 saturated heterocycles. The zero-order valence-electron chi connectivity index (χ0n) is 15.0. The summed E-state index contributed by atoms with van der Waals surface area (Å²) in [7, 11) is 0. The van der Waals surface area contributed by atoms with Crippen molar-refractivity contribution in [3.8, 4) is 11.3 Å². The van der Waals surface area contributed by atoms with Crippen LogP contribution < -0.4 is 5.32 Å². The summed E-state index contributed by atoms with van der Waals surface area (Å²) in [5, 5.41) is 13.7. The lowest BCUT2D eigenvalue weighted by molar-refractivity contribution is 0.137. The Morgan fingerprint density at radius 3 is 2.81 bits per heavy atom. The maximum atomic E-state index is 10.2. The number of aliphatic hydroxyl groups is 1. The van der Waals surface area contributed by atoms with Crippen LogP contribution in [0.4, 0.5) is 0 Å². The van der Waals surface area contributed by atoms with E-state index in [0.717, 1.165) is 36.1 Å². The van der Waals surface area contributed by atoms with E-state index in [1.165, 1.54) is 11.1 Å². The Hall–Kier alpha value is -2.43. The van der Waals surface area contributed by atoms with Crippen molar-refractivity contribution < 1.29 is 9.52 Å². The molecule has 1 aromatic heterocycles. The zero-order valence-corrected chi connectivity index (χ0v) is 15.0. The number of aryl methyl sites for hydroxylation is 2. The summed E-state index contributed by atoms with van der Waals surface area (Å²) in [5.74, 6) is 1.42. The molecule has 1 atom stereocenters. The summed E-state index contributed by atoms with van der Waals surface area (Å²) in [4.78, 5) is 4.43. The molecule has 4 rings (SSSR count). The van der Waals surface area contributed by atoms with Crippen LogP contribution >= 0.6 is 0 Å². The average molecular weight is 348 g/mol. The van der Waals surface area contributed by atoms with Gasteiger partial charge in [0.1, 0.15) is 0 Å². The monoisotopic (exact) mass is 348 g/mol. The van der Waals surface area contributed by atoms with E-state index < -0.39 is 5.54 Å². The predicted octanol–water partition coefficient (Wildman–Crippen LogP) is 3.96. The van der Waals surface area contributed by atoms with Crippen molar-refractivity contribution in [1.29, 1.82) is 0 Å². The van der Waals surface area contributed by atoms with Gasteiger partial charge in [-0.2, -0.15) is 0 Å². The molecule has 1 aliphatic carbocycles. The number of nitrogens with zero attached hydrogens (tertiary/aromatic N) is 1. The van der Waals surface area contributed by atoms with Crippen LogP contribution in [0.3, 0.4) is 0 Å². The number of rotatable bonds is 5. The van der Waals surface area contributed by atoms with Crippen molar-refractivity contribution >= 4 is 0 Å². The second-order valence-electron chi connectivity index (χ2n) is 7.04. The topological polar surface area (TPSA) is 58.3 Å². The summed E-state index contributed by atoms with van der Waals surface area (Å²) < 4.78 is 5.96. The third kappa shape index (κ3) is 3.06. The lowest BCUT2D eigenvalue weighted by atomic mass is 9.77. The van der Waals surface area contributed by atoms with Gasteiger partial charge in [-0.25, -0.2) is 4.98 Å². The first-order valence-electron chi connectivity index (χ1n) is 9.17. The molecular formula is C22H24N2O2. The Bertz CT molecular complexity index is 902. The lowest BCUT2D eigenvalue weighted by Gasteiger charge is -2.38. The highest BCUT2D eigenvalue weighted by molar-refractivity contribution is 5.60. The molecule has 1 heterocycles. The average Bonchev–Trinajstić information content (AvgIpc) is 3.15. The highest BCUT2D eigenvalue weighted by Gasteiger charge is 2.35. The first kappa shape index (κ1) is 17.0. The maximum absolute atomic E-state index is 10.2. The molecule has 0 bridgehead atoms. The van der Waals surface area contributed by atoms with Crippen LogP contribution in [0.25, 0.3) is 11.3 Å². The highest BCUT2D eigenvalue weighted by Crippen LogP contribution is 2.35. The zero-order chi connectivity index (χ0) is 18.0. The van der Waals surface area contributed by atoms with Crippen LogP contribution in [0.5, 0.6) is 0 Å². The molecule has 3 aromatic rings. The smallest absolute Gasteiger partial charge is 0.208 e. The van der Waals surface area contributed by atoms with Crippen LogP contribution in [-0.4, -0.2) is 16.7 Å². The number of fused-ring (bicyclic) bond motifs is 1. The second kappa shape index (κ2) is 7.06. The van der Waals surface area contributed by atoms with Crippen molar-refractivity contribution in [3.05, 3.63) is 77.3 Å². The molecule has 1 aliphatic rings. The largest absolute Gasteiger partial charge is 0.439 e. The summed E-state index contributed by atoms with van der Waals surface area (Å²) in [6.45, 7) is 2.62. The van der Waals surface area contributed by atoms with Gasteiger partial charge in [0.25, 0.3) is 0 Å². The number of hydrogen-bond acceptors (Lipinski definition) is 4. The number of oxazole rings is 1. The number of aromatic nitrogens is 1. The fourth-order valence-corrected chi connectivity index (χ4v) is 3.93. The Balaban J connectivity index is 1.55. The molecule has 4 nitrogen and oxygen atoms in total. The third-order valence-electron chi connectivity index (χ3n) is 5.39. The standard InChI is InChI=1S/C22H24N2O2/c1-16-7-2-4-10-18(16)20-13-23-21(26-20)14-24-22(15-25)12-6-9-17-8-3-5-11-19(17)22/h2-5,7-8,10-11,13,24-25H,6,9,12,14-15H2,1H3. The molecular weight excluding hydrogens is 324 g/mol. The van der Waals surface area contributed by atoms with Crippen molar-refractivity contribution in [2.75, 3.05) is 6.61 Å². The van der Waals surface area contributed by atoms with E-state index in [2.05, 4.69) is 41.5 Å². The van der Waals surface area contributed by atoms with Gasteiger partial charge in [0, 0.05) is 5.56 Å². The number of nitrogens with one attached hydrogen (secondary N) is 1. The predicted molar refractivity (Wildman–Crippen MR) is 102 cm³/mol. The van der Waals surface area contributed by atoms with Gasteiger partial charge in [-0.05, 0) is 42.9 Å². The van der Waals surface area contributed by atoms with E-state index >= 15 is 0 Å². The Morgan fingerprint density at radius 2 is 1.96 bits per heavy atom. The fourth-order valence-electron chi connectivity index (χ4n) is 3.93. The summed E-state index contributed by atoms with van der Waals surface area (Å²) in [6, 6.07) is 16.5. The molecule has 1 unspecified atom stereocenters. The quantitative estimate of drug-likeness (QED) is 0.733. The normalized spacial score (nSPS) is 19.3. The third-order valence-corrected chi connectivity index (χ3v) is 5.39. The maximum Gasteiger partial charge on any atom is 0.208 e. The van der Waals surface area contributed by atoms with Gasteiger partial charge in [0.05, 0.1) is 24.9 Å². The molecule has 2 N–H and O–H groups in total. The van der Waals surface area contributed by atoms with E-state index in [1.807, 2.05) is 24.3 Å². The molecule has 4 heteroatoms. The van der Waals surface area contributed by atoms with Crippen LogP contribution in [-0.2, 0) is 18.5 Å². The van der Waals surface area contributed by atoms with E-state index in [4.69, 9.17) is 4.42 Å². The van der Waals surface area contributed by atoms with Gasteiger partial charge in [-0.15, -0.1) is 0 Å². The number of benzene rings is 2. The molecule has 134 valence electrons. The van der Waals surface area contributed by atoms with Crippen molar-refractivity contribution in [3.63, 3.8) is 0 Å². The Kier molecular flexibility index (Phi) is 4.62. The molecule has 2 aromatic carbocycles. The highest BCUT2D eigenvalue weighted by atomic mass is 16.4. The lowest BCUT2D eigenvalue weighted by Crippen LogP contribution is -2.47. The molecule has 26 heavy (non-hydrogen) atoms. The Morgan fingerprint density at radius 1 is 1.15 bits per heavy atom. The first-order valence-corrected chi connectivity index (χ1v) is 9.17. The van der Waals surface area contributed by atoms with E-state index in [1.54, 1.807) is 6.20 Å².